The molecule has 0 aliphatic carbocycles. The standard InChI is InChI=1S/C20H23ClN2O6S/c1-5-29-20(25)17-11-6-14(12-18(17)21)22-19(24)13(2)23(30(4,26)27)15-7-9-16(28-3)10-8-15/h6-13H,5H2,1-4H3,(H,22,24). The summed E-state index contributed by atoms with van der Waals surface area (Å²) < 4.78 is 35.7. The second kappa shape index (κ2) is 9.82. The van der Waals surface area contributed by atoms with Crippen LogP contribution in [-0.4, -0.2) is 46.3 Å². The number of rotatable bonds is 8. The number of hydrogen-bond acceptors (Lipinski definition) is 6. The van der Waals surface area contributed by atoms with E-state index < -0.39 is 27.9 Å². The molecule has 0 saturated heterocycles. The van der Waals surface area contributed by atoms with Crippen molar-refractivity contribution in [3.63, 3.8) is 0 Å². The highest BCUT2D eigenvalue weighted by Crippen LogP contribution is 2.25. The lowest BCUT2D eigenvalue weighted by atomic mass is 10.2. The summed E-state index contributed by atoms with van der Waals surface area (Å²) in [5.74, 6) is -0.590. The van der Waals surface area contributed by atoms with Crippen molar-refractivity contribution in [3.8, 4) is 5.75 Å². The Bertz CT molecular complexity index is 1020. The van der Waals surface area contributed by atoms with Gasteiger partial charge in [0.25, 0.3) is 0 Å². The molecule has 0 spiro atoms. The minimum atomic E-state index is -3.76. The van der Waals surface area contributed by atoms with E-state index >= 15 is 0 Å². The van der Waals surface area contributed by atoms with Gasteiger partial charge in [-0.05, 0) is 56.3 Å². The molecule has 0 aromatic heterocycles. The lowest BCUT2D eigenvalue weighted by Crippen LogP contribution is -2.45. The van der Waals surface area contributed by atoms with Crippen LogP contribution in [-0.2, 0) is 19.6 Å². The van der Waals surface area contributed by atoms with Gasteiger partial charge in [0.2, 0.25) is 15.9 Å². The number of anilines is 2. The largest absolute Gasteiger partial charge is 0.497 e. The molecule has 8 nitrogen and oxygen atoms in total. The zero-order valence-electron chi connectivity index (χ0n) is 17.0. The molecule has 0 saturated carbocycles. The van der Waals surface area contributed by atoms with Gasteiger partial charge in [0.15, 0.2) is 0 Å². The van der Waals surface area contributed by atoms with Gasteiger partial charge in [0, 0.05) is 5.69 Å². The number of carbonyl (C=O) groups excluding carboxylic acids is 2. The fourth-order valence-electron chi connectivity index (χ4n) is 2.75. The molecule has 0 aliphatic heterocycles. The second-order valence-corrected chi connectivity index (χ2v) is 8.60. The first-order chi connectivity index (χ1) is 14.1. The molecule has 0 aliphatic rings. The fraction of sp³-hybridized carbons (Fsp3) is 0.300. The molecule has 1 N–H and O–H groups in total. The van der Waals surface area contributed by atoms with Gasteiger partial charge in [-0.2, -0.15) is 0 Å². The maximum Gasteiger partial charge on any atom is 0.339 e. The molecule has 0 radical (unpaired) electrons. The first-order valence-electron chi connectivity index (χ1n) is 8.99. The quantitative estimate of drug-likeness (QED) is 0.614. The van der Waals surface area contributed by atoms with Crippen LogP contribution in [0.5, 0.6) is 5.75 Å². The number of esters is 1. The van der Waals surface area contributed by atoms with Gasteiger partial charge in [0.05, 0.1) is 36.2 Å². The molecule has 162 valence electrons. The molecule has 2 aromatic carbocycles. The molecule has 0 fully saturated rings. The third kappa shape index (κ3) is 5.64. The molecular formula is C20H23ClN2O6S. The van der Waals surface area contributed by atoms with E-state index in [1.807, 2.05) is 0 Å². The third-order valence-electron chi connectivity index (χ3n) is 4.15. The monoisotopic (exact) mass is 454 g/mol. The van der Waals surface area contributed by atoms with E-state index in [1.165, 1.54) is 32.2 Å². The van der Waals surface area contributed by atoms with Gasteiger partial charge in [-0.25, -0.2) is 13.2 Å². The average molecular weight is 455 g/mol. The number of nitrogens with zero attached hydrogens (tertiary/aromatic N) is 1. The summed E-state index contributed by atoms with van der Waals surface area (Å²) in [5.41, 5.74) is 0.797. The summed E-state index contributed by atoms with van der Waals surface area (Å²) in [6.45, 7) is 3.35. The molecule has 2 aromatic rings. The van der Waals surface area contributed by atoms with Gasteiger partial charge >= 0.3 is 5.97 Å². The number of nitrogens with one attached hydrogen (secondary N) is 1. The van der Waals surface area contributed by atoms with E-state index in [0.717, 1.165) is 10.6 Å². The van der Waals surface area contributed by atoms with Crippen molar-refractivity contribution in [1.29, 1.82) is 0 Å². The zero-order chi connectivity index (χ0) is 22.5. The zero-order valence-corrected chi connectivity index (χ0v) is 18.6. The minimum absolute atomic E-state index is 0.106. The molecule has 0 bridgehead atoms. The Kier molecular flexibility index (Phi) is 7.69. The molecule has 0 heterocycles. The Balaban J connectivity index is 2.25. The molecular weight excluding hydrogens is 432 g/mol. The Morgan fingerprint density at radius 3 is 2.30 bits per heavy atom. The summed E-state index contributed by atoms with van der Waals surface area (Å²) in [7, 11) is -2.26. The number of carbonyl (C=O) groups is 2. The molecule has 2 rings (SSSR count). The second-order valence-electron chi connectivity index (χ2n) is 6.34. The van der Waals surface area contributed by atoms with Crippen molar-refractivity contribution < 1.29 is 27.5 Å². The SMILES string of the molecule is CCOC(=O)c1ccc(NC(=O)C(C)N(c2ccc(OC)cc2)S(C)(=O)=O)cc1Cl. The van der Waals surface area contributed by atoms with Gasteiger partial charge in [-0.1, -0.05) is 11.6 Å². The van der Waals surface area contributed by atoms with Crippen LogP contribution < -0.4 is 14.4 Å². The van der Waals surface area contributed by atoms with E-state index in [-0.39, 0.29) is 17.2 Å². The van der Waals surface area contributed by atoms with Gasteiger partial charge in [-0.3, -0.25) is 9.10 Å². The Hall–Kier alpha value is -2.78. The predicted octanol–water partition coefficient (Wildman–Crippen LogP) is 3.32. The predicted molar refractivity (Wildman–Crippen MR) is 116 cm³/mol. The van der Waals surface area contributed by atoms with Crippen LogP contribution in [0.25, 0.3) is 0 Å². The molecule has 1 unspecified atom stereocenters. The Morgan fingerprint density at radius 1 is 1.17 bits per heavy atom. The van der Waals surface area contributed by atoms with E-state index in [4.69, 9.17) is 21.1 Å². The van der Waals surface area contributed by atoms with Crippen LogP contribution >= 0.6 is 11.6 Å². The van der Waals surface area contributed by atoms with E-state index in [2.05, 4.69) is 5.32 Å². The number of ether oxygens (including phenoxy) is 2. The Morgan fingerprint density at radius 2 is 1.80 bits per heavy atom. The third-order valence-corrected chi connectivity index (χ3v) is 5.70. The van der Waals surface area contributed by atoms with Crippen LogP contribution in [0.15, 0.2) is 42.5 Å². The fourth-order valence-corrected chi connectivity index (χ4v) is 4.18. The summed E-state index contributed by atoms with van der Waals surface area (Å²) in [6, 6.07) is 9.56. The molecule has 30 heavy (non-hydrogen) atoms. The normalized spacial score (nSPS) is 12.0. The number of hydrogen-bond donors (Lipinski definition) is 1. The maximum absolute atomic E-state index is 12.8. The molecule has 1 amide bonds. The lowest BCUT2D eigenvalue weighted by molar-refractivity contribution is -0.116. The first-order valence-corrected chi connectivity index (χ1v) is 11.2. The van der Waals surface area contributed by atoms with Crippen molar-refractivity contribution >= 4 is 44.9 Å². The van der Waals surface area contributed by atoms with E-state index in [9.17, 15) is 18.0 Å². The van der Waals surface area contributed by atoms with Gasteiger partial charge < -0.3 is 14.8 Å². The van der Waals surface area contributed by atoms with E-state index in [0.29, 0.717) is 17.1 Å². The number of methoxy groups -OCH3 is 1. The van der Waals surface area contributed by atoms with Crippen LogP contribution in [0.2, 0.25) is 5.02 Å². The Labute approximate surface area is 180 Å². The van der Waals surface area contributed by atoms with E-state index in [1.54, 1.807) is 31.2 Å². The van der Waals surface area contributed by atoms with Crippen LogP contribution in [0, 0.1) is 0 Å². The van der Waals surface area contributed by atoms with Crippen molar-refractivity contribution in [3.05, 3.63) is 53.1 Å². The average Bonchev–Trinajstić information content (AvgIpc) is 2.67. The summed E-state index contributed by atoms with van der Waals surface area (Å²) in [5, 5.41) is 2.72. The number of sulfonamides is 1. The number of amides is 1. The highest BCUT2D eigenvalue weighted by atomic mass is 35.5. The molecule has 1 atom stereocenters. The van der Waals surface area contributed by atoms with Gasteiger partial charge in [-0.15, -0.1) is 0 Å². The van der Waals surface area contributed by atoms with Crippen molar-refractivity contribution in [2.45, 2.75) is 19.9 Å². The van der Waals surface area contributed by atoms with Crippen molar-refractivity contribution in [2.24, 2.45) is 0 Å². The lowest BCUT2D eigenvalue weighted by Gasteiger charge is -2.28. The smallest absolute Gasteiger partial charge is 0.339 e. The number of halogens is 1. The molecule has 10 heteroatoms. The van der Waals surface area contributed by atoms with Crippen LogP contribution in [0.3, 0.4) is 0 Å². The summed E-state index contributed by atoms with van der Waals surface area (Å²) in [4.78, 5) is 24.6. The number of benzene rings is 2. The summed E-state index contributed by atoms with van der Waals surface area (Å²) >= 11 is 6.11. The first kappa shape index (κ1) is 23.5. The highest BCUT2D eigenvalue weighted by molar-refractivity contribution is 7.92. The minimum Gasteiger partial charge on any atom is -0.497 e. The van der Waals surface area contributed by atoms with Gasteiger partial charge in [0.1, 0.15) is 11.8 Å². The van der Waals surface area contributed by atoms with Crippen molar-refractivity contribution in [2.75, 3.05) is 29.6 Å². The van der Waals surface area contributed by atoms with Crippen molar-refractivity contribution in [1.82, 2.24) is 0 Å². The topological polar surface area (TPSA) is 102 Å². The maximum atomic E-state index is 12.8. The summed E-state index contributed by atoms with van der Waals surface area (Å²) in [6.07, 6.45) is 1.02. The highest BCUT2D eigenvalue weighted by Gasteiger charge is 2.29. The van der Waals surface area contributed by atoms with Crippen LogP contribution in [0.1, 0.15) is 24.2 Å². The van der Waals surface area contributed by atoms with Crippen LogP contribution in [0.4, 0.5) is 11.4 Å².